The summed E-state index contributed by atoms with van der Waals surface area (Å²) >= 11 is 6.15. The first kappa shape index (κ1) is 16.1. The summed E-state index contributed by atoms with van der Waals surface area (Å²) in [7, 11) is 0. The number of hydrogen-bond acceptors (Lipinski definition) is 4. The molecular weight excluding hydrogens is 357 g/mol. The maximum absolute atomic E-state index is 13.3. The van der Waals surface area contributed by atoms with Crippen molar-refractivity contribution in [3.05, 3.63) is 52.2 Å². The molecular formula is C16H12ClF3N4O. The zero-order chi connectivity index (χ0) is 17.8. The SMILES string of the molecule is CC(F)(F)c1cc(-c2nc(C3(c4ccc(F)cc4Cl)CC3)no2)n[nH]1. The average Bonchev–Trinajstić information content (AvgIpc) is 2.99. The summed E-state index contributed by atoms with van der Waals surface area (Å²) in [6.45, 7) is 0.763. The molecule has 0 unspecified atom stereocenters. The molecule has 4 rings (SSSR count). The molecule has 130 valence electrons. The van der Waals surface area contributed by atoms with Crippen LogP contribution in [0.1, 0.15) is 36.8 Å². The molecule has 1 fully saturated rings. The van der Waals surface area contributed by atoms with Crippen molar-refractivity contribution in [3.63, 3.8) is 0 Å². The number of nitrogens with one attached hydrogen (secondary N) is 1. The fraction of sp³-hybridized carbons (Fsp3) is 0.312. The van der Waals surface area contributed by atoms with E-state index in [0.29, 0.717) is 11.4 Å². The van der Waals surface area contributed by atoms with Crippen molar-refractivity contribution in [1.82, 2.24) is 20.3 Å². The van der Waals surface area contributed by atoms with E-state index >= 15 is 0 Å². The number of aromatic amines is 1. The predicted molar refractivity (Wildman–Crippen MR) is 82.9 cm³/mol. The number of aromatic nitrogens is 4. The maximum atomic E-state index is 13.3. The summed E-state index contributed by atoms with van der Waals surface area (Å²) in [4.78, 5) is 4.29. The number of benzene rings is 1. The van der Waals surface area contributed by atoms with Gasteiger partial charge in [-0.05, 0) is 36.6 Å². The smallest absolute Gasteiger partial charge is 0.286 e. The molecule has 0 radical (unpaired) electrons. The van der Waals surface area contributed by atoms with Crippen LogP contribution in [0.25, 0.3) is 11.6 Å². The van der Waals surface area contributed by atoms with Gasteiger partial charge in [0, 0.05) is 11.9 Å². The largest absolute Gasteiger partial charge is 0.332 e. The number of nitrogens with zero attached hydrogens (tertiary/aromatic N) is 3. The van der Waals surface area contributed by atoms with Gasteiger partial charge in [-0.15, -0.1) is 0 Å². The van der Waals surface area contributed by atoms with E-state index in [0.717, 1.165) is 19.8 Å². The molecule has 0 amide bonds. The van der Waals surface area contributed by atoms with Crippen LogP contribution in [-0.2, 0) is 11.3 Å². The van der Waals surface area contributed by atoms with E-state index < -0.39 is 17.2 Å². The first-order chi connectivity index (χ1) is 11.8. The van der Waals surface area contributed by atoms with E-state index in [-0.39, 0.29) is 22.3 Å². The van der Waals surface area contributed by atoms with E-state index in [1.165, 1.54) is 18.2 Å². The van der Waals surface area contributed by atoms with Gasteiger partial charge in [0.25, 0.3) is 11.8 Å². The van der Waals surface area contributed by atoms with Crippen LogP contribution in [0, 0.1) is 5.82 Å². The van der Waals surface area contributed by atoms with Crippen molar-refractivity contribution in [2.45, 2.75) is 31.1 Å². The van der Waals surface area contributed by atoms with Gasteiger partial charge >= 0.3 is 0 Å². The van der Waals surface area contributed by atoms with E-state index in [1.54, 1.807) is 6.07 Å². The van der Waals surface area contributed by atoms with E-state index in [9.17, 15) is 13.2 Å². The summed E-state index contributed by atoms with van der Waals surface area (Å²) in [6.07, 6.45) is 1.46. The van der Waals surface area contributed by atoms with Gasteiger partial charge in [0.1, 0.15) is 11.5 Å². The Morgan fingerprint density at radius 2 is 2.04 bits per heavy atom. The second kappa shape index (κ2) is 5.32. The number of halogens is 4. The molecule has 3 aromatic rings. The van der Waals surface area contributed by atoms with Gasteiger partial charge in [-0.1, -0.05) is 22.8 Å². The molecule has 1 N–H and O–H groups in total. The summed E-state index contributed by atoms with van der Waals surface area (Å²) in [5.74, 6) is -3.06. The molecule has 0 saturated heterocycles. The highest BCUT2D eigenvalue weighted by molar-refractivity contribution is 6.31. The van der Waals surface area contributed by atoms with Crippen molar-refractivity contribution in [2.24, 2.45) is 0 Å². The molecule has 0 spiro atoms. The Kier molecular flexibility index (Phi) is 3.44. The normalized spacial score (nSPS) is 16.2. The minimum absolute atomic E-state index is 0.0336. The maximum Gasteiger partial charge on any atom is 0.286 e. The summed E-state index contributed by atoms with van der Waals surface area (Å²) in [5.41, 5.74) is -0.0349. The molecule has 1 saturated carbocycles. The number of H-pyrrole nitrogens is 1. The van der Waals surface area contributed by atoms with Gasteiger partial charge in [0.05, 0.1) is 5.41 Å². The minimum Gasteiger partial charge on any atom is -0.332 e. The first-order valence-electron chi connectivity index (χ1n) is 7.53. The van der Waals surface area contributed by atoms with E-state index in [1.807, 2.05) is 0 Å². The quantitative estimate of drug-likeness (QED) is 0.739. The molecule has 1 aliphatic rings. The van der Waals surface area contributed by atoms with E-state index in [2.05, 4.69) is 20.3 Å². The minimum atomic E-state index is -3.05. The van der Waals surface area contributed by atoms with Crippen LogP contribution < -0.4 is 0 Å². The fourth-order valence-electron chi connectivity index (χ4n) is 2.79. The van der Waals surface area contributed by atoms with Gasteiger partial charge < -0.3 is 4.52 Å². The second-order valence-electron chi connectivity index (χ2n) is 6.18. The Balaban J connectivity index is 1.68. The van der Waals surface area contributed by atoms with Crippen LogP contribution in [0.2, 0.25) is 5.02 Å². The molecule has 1 aliphatic carbocycles. The molecule has 0 atom stereocenters. The fourth-order valence-corrected chi connectivity index (χ4v) is 3.14. The molecule has 9 heteroatoms. The van der Waals surface area contributed by atoms with Gasteiger partial charge in [-0.2, -0.15) is 18.9 Å². The van der Waals surface area contributed by atoms with Crippen LogP contribution in [-0.4, -0.2) is 20.3 Å². The van der Waals surface area contributed by atoms with Crippen molar-refractivity contribution < 1.29 is 17.7 Å². The molecule has 2 aromatic heterocycles. The topological polar surface area (TPSA) is 67.6 Å². The number of alkyl halides is 2. The summed E-state index contributed by atoms with van der Waals surface area (Å²) < 4.78 is 45.1. The van der Waals surface area contributed by atoms with Crippen LogP contribution in [0.3, 0.4) is 0 Å². The molecule has 25 heavy (non-hydrogen) atoms. The van der Waals surface area contributed by atoms with Crippen molar-refractivity contribution in [2.75, 3.05) is 0 Å². The zero-order valence-electron chi connectivity index (χ0n) is 13.0. The van der Waals surface area contributed by atoms with Crippen molar-refractivity contribution >= 4 is 11.6 Å². The third-order valence-corrected chi connectivity index (χ3v) is 4.63. The van der Waals surface area contributed by atoms with Crippen LogP contribution in [0.4, 0.5) is 13.2 Å². The lowest BCUT2D eigenvalue weighted by atomic mass is 9.95. The standard InChI is InChI=1S/C16H12ClF3N4O/c1-15(19,20)12-7-11(22-23-12)13-21-14(24-25-13)16(4-5-16)9-3-2-8(18)6-10(9)17/h2-3,6-7H,4-5H2,1H3,(H,22,23). The summed E-state index contributed by atoms with van der Waals surface area (Å²) in [5, 5.41) is 10.3. The van der Waals surface area contributed by atoms with Crippen molar-refractivity contribution in [3.8, 4) is 11.6 Å². The highest BCUT2D eigenvalue weighted by Crippen LogP contribution is 2.54. The number of hydrogen-bond donors (Lipinski definition) is 1. The highest BCUT2D eigenvalue weighted by atomic mass is 35.5. The molecule has 2 heterocycles. The lowest BCUT2D eigenvalue weighted by molar-refractivity contribution is 0.0127. The Labute approximate surface area is 145 Å². The third kappa shape index (κ3) is 2.70. The van der Waals surface area contributed by atoms with Crippen LogP contribution in [0.5, 0.6) is 0 Å². The van der Waals surface area contributed by atoms with Gasteiger partial charge in [0.15, 0.2) is 11.5 Å². The predicted octanol–water partition coefficient (Wildman–Crippen LogP) is 4.44. The third-order valence-electron chi connectivity index (χ3n) is 4.32. The molecule has 0 aliphatic heterocycles. The highest BCUT2D eigenvalue weighted by Gasteiger charge is 2.51. The zero-order valence-corrected chi connectivity index (χ0v) is 13.7. The van der Waals surface area contributed by atoms with Crippen LogP contribution >= 0.6 is 11.6 Å². The molecule has 1 aromatic carbocycles. The Morgan fingerprint density at radius 3 is 2.64 bits per heavy atom. The first-order valence-corrected chi connectivity index (χ1v) is 7.91. The van der Waals surface area contributed by atoms with Crippen LogP contribution in [0.15, 0.2) is 28.8 Å². The lowest BCUT2D eigenvalue weighted by Gasteiger charge is -2.12. The Bertz CT molecular complexity index is 943. The Morgan fingerprint density at radius 1 is 1.28 bits per heavy atom. The molecule has 5 nitrogen and oxygen atoms in total. The van der Waals surface area contributed by atoms with E-state index in [4.69, 9.17) is 16.1 Å². The van der Waals surface area contributed by atoms with Gasteiger partial charge in [0.2, 0.25) is 0 Å². The molecule has 0 bridgehead atoms. The number of rotatable bonds is 4. The Hall–Kier alpha value is -2.35. The van der Waals surface area contributed by atoms with Gasteiger partial charge in [-0.25, -0.2) is 4.39 Å². The average molecular weight is 369 g/mol. The second-order valence-corrected chi connectivity index (χ2v) is 6.59. The lowest BCUT2D eigenvalue weighted by Crippen LogP contribution is -2.11. The monoisotopic (exact) mass is 368 g/mol. The van der Waals surface area contributed by atoms with Gasteiger partial charge in [-0.3, -0.25) is 5.10 Å². The summed E-state index contributed by atoms with van der Waals surface area (Å²) in [6, 6.07) is 5.33. The van der Waals surface area contributed by atoms with Crippen molar-refractivity contribution in [1.29, 1.82) is 0 Å².